The molecular formula is C26H26ClNO3. The number of rotatable bonds is 6. The van der Waals surface area contributed by atoms with E-state index in [4.69, 9.17) is 11.6 Å². The number of amides is 1. The zero-order valence-electron chi connectivity index (χ0n) is 17.9. The van der Waals surface area contributed by atoms with Crippen LogP contribution in [0, 0.1) is 0 Å². The van der Waals surface area contributed by atoms with E-state index in [1.165, 1.54) is 23.8 Å². The summed E-state index contributed by atoms with van der Waals surface area (Å²) in [6, 6.07) is 21.0. The summed E-state index contributed by atoms with van der Waals surface area (Å²) in [5.41, 5.74) is 4.88. The van der Waals surface area contributed by atoms with E-state index in [1.54, 1.807) is 0 Å². The van der Waals surface area contributed by atoms with E-state index in [9.17, 15) is 14.7 Å². The molecule has 0 aliphatic heterocycles. The van der Waals surface area contributed by atoms with Gasteiger partial charge in [0.1, 0.15) is 0 Å². The van der Waals surface area contributed by atoms with Gasteiger partial charge in [-0.3, -0.25) is 4.79 Å². The lowest BCUT2D eigenvalue weighted by atomic mass is 9.86. The van der Waals surface area contributed by atoms with Crippen LogP contribution < -0.4 is 5.32 Å². The Morgan fingerprint density at radius 1 is 0.935 bits per heavy atom. The van der Waals surface area contributed by atoms with Crippen molar-refractivity contribution in [1.82, 2.24) is 0 Å². The Kier molecular flexibility index (Phi) is 6.81. The van der Waals surface area contributed by atoms with Gasteiger partial charge in [-0.2, -0.15) is 0 Å². The second-order valence-corrected chi connectivity index (χ2v) is 9.01. The Morgan fingerprint density at radius 2 is 1.65 bits per heavy atom. The van der Waals surface area contributed by atoms with Crippen LogP contribution in [0.3, 0.4) is 0 Å². The van der Waals surface area contributed by atoms with E-state index < -0.39 is 5.97 Å². The predicted molar refractivity (Wildman–Crippen MR) is 126 cm³/mol. The van der Waals surface area contributed by atoms with Gasteiger partial charge in [0.25, 0.3) is 0 Å². The van der Waals surface area contributed by atoms with Crippen molar-refractivity contribution < 1.29 is 14.7 Å². The molecule has 0 aromatic heterocycles. The Hall–Kier alpha value is -3.11. The molecule has 4 nitrogen and oxygen atoms in total. The summed E-state index contributed by atoms with van der Waals surface area (Å²) >= 11 is 5.94. The van der Waals surface area contributed by atoms with Gasteiger partial charge in [0.2, 0.25) is 5.91 Å². The van der Waals surface area contributed by atoms with E-state index in [0.717, 1.165) is 16.7 Å². The number of carbonyl (C=O) groups excluding carboxylic acids is 1. The first-order valence-corrected chi connectivity index (χ1v) is 10.5. The third-order valence-electron chi connectivity index (χ3n) is 5.14. The highest BCUT2D eigenvalue weighted by molar-refractivity contribution is 6.31. The summed E-state index contributed by atoms with van der Waals surface area (Å²) in [6.45, 7) is 6.57. The minimum atomic E-state index is -1.11. The highest BCUT2D eigenvalue weighted by atomic mass is 35.5. The molecule has 31 heavy (non-hydrogen) atoms. The normalized spacial score (nSPS) is 11.2. The highest BCUT2D eigenvalue weighted by Crippen LogP contribution is 2.27. The molecule has 2 N–H and O–H groups in total. The lowest BCUT2D eigenvalue weighted by Gasteiger charge is -2.19. The Balaban J connectivity index is 1.67. The van der Waals surface area contributed by atoms with Crippen molar-refractivity contribution in [2.45, 2.75) is 39.0 Å². The highest BCUT2D eigenvalue weighted by Gasteiger charge is 2.14. The van der Waals surface area contributed by atoms with Gasteiger partial charge in [-0.25, -0.2) is 4.79 Å². The zero-order chi connectivity index (χ0) is 22.6. The third kappa shape index (κ3) is 5.96. The van der Waals surface area contributed by atoms with Gasteiger partial charge in [0.05, 0.1) is 11.3 Å². The lowest BCUT2D eigenvalue weighted by molar-refractivity contribution is -0.116. The van der Waals surface area contributed by atoms with Gasteiger partial charge < -0.3 is 10.4 Å². The molecule has 0 heterocycles. The van der Waals surface area contributed by atoms with Gasteiger partial charge in [-0.05, 0) is 52.3 Å². The monoisotopic (exact) mass is 435 g/mol. The number of carboxylic acid groups (broad SMARTS) is 1. The molecule has 3 aromatic rings. The largest absolute Gasteiger partial charge is 0.478 e. The average molecular weight is 436 g/mol. The molecule has 0 bridgehead atoms. The SMILES string of the molecule is CC(C)(C)c1ccc(-c2cccc(CCC(=O)Nc3cc(Cl)ccc3C(=O)O)c2)cc1. The first-order chi connectivity index (χ1) is 14.6. The van der Waals surface area contributed by atoms with Crippen molar-refractivity contribution in [3.05, 3.63) is 88.4 Å². The molecule has 0 aliphatic carbocycles. The molecule has 0 atom stereocenters. The summed E-state index contributed by atoms with van der Waals surface area (Å²) in [6.07, 6.45) is 0.778. The van der Waals surface area contributed by atoms with E-state index in [-0.39, 0.29) is 29.0 Å². The first kappa shape index (κ1) is 22.6. The summed E-state index contributed by atoms with van der Waals surface area (Å²) in [5, 5.41) is 12.3. The van der Waals surface area contributed by atoms with Gasteiger partial charge in [-0.1, -0.05) is 80.9 Å². The number of carbonyl (C=O) groups is 2. The number of benzene rings is 3. The average Bonchev–Trinajstić information content (AvgIpc) is 2.72. The van der Waals surface area contributed by atoms with Crippen LogP contribution in [0.15, 0.2) is 66.7 Å². The fourth-order valence-electron chi connectivity index (χ4n) is 3.35. The van der Waals surface area contributed by atoms with Crippen molar-refractivity contribution in [2.75, 3.05) is 5.32 Å². The maximum atomic E-state index is 12.4. The maximum Gasteiger partial charge on any atom is 0.337 e. The number of nitrogens with one attached hydrogen (secondary N) is 1. The minimum absolute atomic E-state index is 0.0125. The van der Waals surface area contributed by atoms with Crippen LogP contribution in [-0.2, 0) is 16.6 Å². The van der Waals surface area contributed by atoms with Gasteiger partial charge in [0, 0.05) is 11.4 Å². The summed E-state index contributed by atoms with van der Waals surface area (Å²) < 4.78 is 0. The fourth-order valence-corrected chi connectivity index (χ4v) is 3.52. The molecule has 1 amide bonds. The predicted octanol–water partition coefficient (Wildman–Crippen LogP) is 6.57. The van der Waals surface area contributed by atoms with Crippen LogP contribution in [0.2, 0.25) is 5.02 Å². The van der Waals surface area contributed by atoms with Gasteiger partial charge in [-0.15, -0.1) is 0 Å². The quantitative estimate of drug-likeness (QED) is 0.459. The fraction of sp³-hybridized carbons (Fsp3) is 0.231. The number of aryl methyl sites for hydroxylation is 1. The first-order valence-electron chi connectivity index (χ1n) is 10.2. The smallest absolute Gasteiger partial charge is 0.337 e. The van der Waals surface area contributed by atoms with Gasteiger partial charge >= 0.3 is 5.97 Å². The van der Waals surface area contributed by atoms with E-state index in [1.807, 2.05) is 12.1 Å². The summed E-state index contributed by atoms with van der Waals surface area (Å²) in [5.74, 6) is -1.37. The van der Waals surface area contributed by atoms with E-state index in [2.05, 4.69) is 62.5 Å². The van der Waals surface area contributed by atoms with Crippen molar-refractivity contribution in [2.24, 2.45) is 0 Å². The molecular weight excluding hydrogens is 410 g/mol. The molecule has 160 valence electrons. The molecule has 0 fully saturated rings. The molecule has 0 saturated heterocycles. The standard InChI is InChI=1S/C26H26ClNO3/c1-26(2,3)20-10-8-18(9-11-20)19-6-4-5-17(15-19)7-14-24(29)28-23-16-21(27)12-13-22(23)25(30)31/h4-6,8-13,15-16H,7,14H2,1-3H3,(H,28,29)(H,30,31). The van der Waals surface area contributed by atoms with Gasteiger partial charge in [0.15, 0.2) is 0 Å². The Labute approximate surface area is 187 Å². The van der Waals surface area contributed by atoms with Crippen LogP contribution in [0.25, 0.3) is 11.1 Å². The van der Waals surface area contributed by atoms with E-state index >= 15 is 0 Å². The van der Waals surface area contributed by atoms with Crippen molar-refractivity contribution in [3.8, 4) is 11.1 Å². The molecule has 3 rings (SSSR count). The van der Waals surface area contributed by atoms with Crippen molar-refractivity contribution in [3.63, 3.8) is 0 Å². The van der Waals surface area contributed by atoms with Crippen LogP contribution in [0.1, 0.15) is 48.7 Å². The molecule has 5 heteroatoms. The topological polar surface area (TPSA) is 66.4 Å². The molecule has 0 aliphatic rings. The van der Waals surface area contributed by atoms with Crippen LogP contribution in [0.5, 0.6) is 0 Å². The number of carboxylic acids is 1. The second-order valence-electron chi connectivity index (χ2n) is 8.57. The Bertz CT molecular complexity index is 1100. The number of aromatic carboxylic acids is 1. The molecule has 3 aromatic carbocycles. The van der Waals surface area contributed by atoms with Crippen molar-refractivity contribution >= 4 is 29.2 Å². The summed E-state index contributed by atoms with van der Waals surface area (Å²) in [7, 11) is 0. The number of halogens is 1. The third-order valence-corrected chi connectivity index (χ3v) is 5.37. The van der Waals surface area contributed by atoms with Crippen LogP contribution >= 0.6 is 11.6 Å². The zero-order valence-corrected chi connectivity index (χ0v) is 18.7. The number of hydrogen-bond donors (Lipinski definition) is 2. The summed E-state index contributed by atoms with van der Waals surface area (Å²) in [4.78, 5) is 23.8. The lowest BCUT2D eigenvalue weighted by Crippen LogP contribution is -2.15. The number of anilines is 1. The number of hydrogen-bond acceptors (Lipinski definition) is 2. The Morgan fingerprint density at radius 3 is 2.29 bits per heavy atom. The maximum absolute atomic E-state index is 12.4. The minimum Gasteiger partial charge on any atom is -0.478 e. The van der Waals surface area contributed by atoms with E-state index in [0.29, 0.717) is 11.4 Å². The van der Waals surface area contributed by atoms with Crippen LogP contribution in [-0.4, -0.2) is 17.0 Å². The molecule has 0 spiro atoms. The van der Waals surface area contributed by atoms with Crippen LogP contribution in [0.4, 0.5) is 5.69 Å². The second kappa shape index (κ2) is 9.36. The molecule has 0 unspecified atom stereocenters. The molecule has 0 saturated carbocycles. The van der Waals surface area contributed by atoms with Crippen molar-refractivity contribution in [1.29, 1.82) is 0 Å². The molecule has 0 radical (unpaired) electrons.